The van der Waals surface area contributed by atoms with Gasteiger partial charge in [0.2, 0.25) is 5.91 Å². The first-order chi connectivity index (χ1) is 27.4. The van der Waals surface area contributed by atoms with Crippen LogP contribution >= 0.6 is 0 Å². The van der Waals surface area contributed by atoms with Gasteiger partial charge in [0.15, 0.2) is 31.5 Å². The minimum absolute atomic E-state index is 0.734. The molecule has 26 heteroatoms. The average Bonchev–Trinajstić information content (AvgIpc) is 3.19. The van der Waals surface area contributed by atoms with Crippen molar-refractivity contribution in [2.75, 3.05) is 26.4 Å². The van der Waals surface area contributed by atoms with E-state index in [-0.39, 0.29) is 0 Å². The Morgan fingerprint density at radius 3 is 1.40 bits per heavy atom. The Kier molecular flexibility index (Phi) is 16.5. The maximum absolute atomic E-state index is 12.0. The summed E-state index contributed by atoms with van der Waals surface area (Å²) in [5.41, 5.74) is 0. The first kappa shape index (κ1) is 47.6. The van der Waals surface area contributed by atoms with E-state index in [2.05, 4.69) is 5.32 Å². The molecule has 26 nitrogen and oxygen atoms in total. The molecule has 58 heavy (non-hydrogen) atoms. The molecule has 5 saturated heterocycles. The van der Waals surface area contributed by atoms with Gasteiger partial charge in [-0.25, -0.2) is 0 Å². The van der Waals surface area contributed by atoms with Crippen LogP contribution in [-0.4, -0.2) is 262 Å². The predicted octanol–water partition coefficient (Wildman–Crippen LogP) is -10.8. The van der Waals surface area contributed by atoms with Crippen LogP contribution in [0.5, 0.6) is 0 Å². The van der Waals surface area contributed by atoms with E-state index >= 15 is 0 Å². The van der Waals surface area contributed by atoms with Gasteiger partial charge in [0, 0.05) is 6.92 Å². The quantitative estimate of drug-likeness (QED) is 0.0818. The summed E-state index contributed by atoms with van der Waals surface area (Å²) in [5.74, 6) is -0.734. The van der Waals surface area contributed by atoms with Gasteiger partial charge in [0.05, 0.1) is 32.5 Å². The molecule has 5 aliphatic rings. The maximum atomic E-state index is 12.0. The highest BCUT2D eigenvalue weighted by Gasteiger charge is 2.56. The van der Waals surface area contributed by atoms with Gasteiger partial charge < -0.3 is 125 Å². The third kappa shape index (κ3) is 9.75. The van der Waals surface area contributed by atoms with Crippen LogP contribution < -0.4 is 5.32 Å². The van der Waals surface area contributed by atoms with Gasteiger partial charge in [0.25, 0.3) is 0 Å². The summed E-state index contributed by atoms with van der Waals surface area (Å²) in [7, 11) is 0. The van der Waals surface area contributed by atoms with Crippen molar-refractivity contribution in [3.05, 3.63) is 0 Å². The monoisotopic (exact) mass is 853 g/mol. The molecule has 1 unspecified atom stereocenters. The number of hydrogen-bond acceptors (Lipinski definition) is 25. The zero-order chi connectivity index (χ0) is 42.9. The Morgan fingerprint density at radius 1 is 0.448 bits per heavy atom. The van der Waals surface area contributed by atoms with Crippen molar-refractivity contribution in [3.8, 4) is 0 Å². The van der Waals surface area contributed by atoms with Crippen LogP contribution in [0.4, 0.5) is 0 Å². The molecule has 0 saturated carbocycles. The van der Waals surface area contributed by atoms with Crippen LogP contribution in [0.25, 0.3) is 0 Å². The number of ether oxygens (including phenoxy) is 9. The van der Waals surface area contributed by atoms with Gasteiger partial charge in [-0.15, -0.1) is 0 Å². The Balaban J connectivity index is 1.39. The minimum atomic E-state index is -2.08. The van der Waals surface area contributed by atoms with Crippen LogP contribution in [-0.2, 0) is 47.4 Å². The molecule has 25 atom stereocenters. The van der Waals surface area contributed by atoms with Crippen molar-refractivity contribution in [2.45, 2.75) is 167 Å². The standard InChI is InChI=1S/C32H55NO25/c1-7-14(39)18(43)26(31(50-7)56-25-12(6-37)54-30(23(48)21(25)46)55-24-11(5-36)51-28(49)22(47)20(24)45)58-32-27(19(44)16(41)10(4-35)53-32)57-29-13(33-8(2)38)17(42)15(40)9(3-34)52-29/h7,9-32,34-37,39-49H,3-6H2,1-2H3,(H,33,38)/t7-,9+,10+,11+,12+,13+,14-,15-,16-,17+,18+,19-,20+,21+,22+,23+,24+,25+,26+,27+,28?,29-,30-,31-,32+/m0/s1. The highest BCUT2D eigenvalue weighted by molar-refractivity contribution is 5.73. The lowest BCUT2D eigenvalue weighted by Crippen LogP contribution is -2.69. The minimum Gasteiger partial charge on any atom is -0.394 e. The molecular formula is C32H55NO25. The summed E-state index contributed by atoms with van der Waals surface area (Å²) < 4.78 is 51.0. The summed E-state index contributed by atoms with van der Waals surface area (Å²) in [6, 6.07) is -1.57. The SMILES string of the molecule is CC(=O)N[C@H]1[C@H](O[C@H]2[C@@H](O[C@H]3[C@H](O[C@H]4[C@H](O)[C@@H](O)[C@H](O[C@H]5[C@H](O)[C@@H](O)C(O)O[C@@H]5CO)O[C@@H]4CO)O[C@@H](C)[C@H](O)[C@H]3O)O[C@H](CO)[C@H](O)[C@@H]2O)O[C@H](CO)[C@H](O)[C@@H]1O. The molecule has 5 heterocycles. The summed E-state index contributed by atoms with van der Waals surface area (Å²) in [5, 5.41) is 160. The summed E-state index contributed by atoms with van der Waals surface area (Å²) >= 11 is 0. The molecule has 0 aromatic heterocycles. The first-order valence-electron chi connectivity index (χ1n) is 18.5. The number of carbonyl (C=O) groups is 1. The van der Waals surface area contributed by atoms with Gasteiger partial charge in [0.1, 0.15) is 116 Å². The molecule has 0 spiro atoms. The topological polar surface area (TPSA) is 416 Å². The van der Waals surface area contributed by atoms with E-state index in [0.717, 1.165) is 6.92 Å². The smallest absolute Gasteiger partial charge is 0.217 e. The second-order valence-electron chi connectivity index (χ2n) is 14.7. The Bertz CT molecular complexity index is 1300. The third-order valence-electron chi connectivity index (χ3n) is 10.7. The van der Waals surface area contributed by atoms with Crippen molar-refractivity contribution in [2.24, 2.45) is 0 Å². The number of nitrogens with one attached hydrogen (secondary N) is 1. The number of aliphatic hydroxyl groups excluding tert-OH is 15. The third-order valence-corrected chi connectivity index (χ3v) is 10.7. The first-order valence-corrected chi connectivity index (χ1v) is 18.5. The van der Waals surface area contributed by atoms with Gasteiger partial charge in [-0.1, -0.05) is 0 Å². The van der Waals surface area contributed by atoms with Gasteiger partial charge in [-0.3, -0.25) is 4.79 Å². The lowest BCUT2D eigenvalue weighted by molar-refractivity contribution is -0.401. The van der Waals surface area contributed by atoms with Crippen LogP contribution in [0.15, 0.2) is 0 Å². The molecule has 0 aromatic carbocycles. The largest absolute Gasteiger partial charge is 0.394 e. The highest BCUT2D eigenvalue weighted by atomic mass is 16.8. The Morgan fingerprint density at radius 2 is 0.845 bits per heavy atom. The molecule has 0 bridgehead atoms. The average molecular weight is 854 g/mol. The number of amides is 1. The number of aliphatic hydroxyl groups is 15. The van der Waals surface area contributed by atoms with Crippen LogP contribution in [0.2, 0.25) is 0 Å². The number of carbonyl (C=O) groups excluding carboxylic acids is 1. The van der Waals surface area contributed by atoms with Crippen molar-refractivity contribution in [1.29, 1.82) is 0 Å². The zero-order valence-corrected chi connectivity index (χ0v) is 31.1. The van der Waals surface area contributed by atoms with Crippen molar-refractivity contribution < 1.29 is 124 Å². The van der Waals surface area contributed by atoms with E-state index in [9.17, 15) is 81.4 Å². The molecule has 5 rings (SSSR count). The molecule has 0 aliphatic carbocycles. The molecule has 5 aliphatic heterocycles. The predicted molar refractivity (Wildman–Crippen MR) is 177 cm³/mol. The van der Waals surface area contributed by atoms with E-state index in [1.807, 2.05) is 0 Å². The molecule has 0 radical (unpaired) electrons. The fraction of sp³-hybridized carbons (Fsp3) is 0.969. The second kappa shape index (κ2) is 20.1. The molecule has 5 fully saturated rings. The van der Waals surface area contributed by atoms with Crippen molar-refractivity contribution >= 4 is 5.91 Å². The van der Waals surface area contributed by atoms with Crippen LogP contribution in [0.1, 0.15) is 13.8 Å². The Hall–Kier alpha value is -1.49. The lowest BCUT2D eigenvalue weighted by atomic mass is 9.95. The van der Waals surface area contributed by atoms with Crippen LogP contribution in [0, 0.1) is 0 Å². The number of hydrogen-bond donors (Lipinski definition) is 16. The summed E-state index contributed by atoms with van der Waals surface area (Å²) in [6.07, 6.45) is -43.4. The van der Waals surface area contributed by atoms with Crippen molar-refractivity contribution in [1.82, 2.24) is 5.32 Å². The Labute approximate surface area is 329 Å². The normalized spacial score (nSPS) is 51.6. The van der Waals surface area contributed by atoms with E-state index < -0.39 is 186 Å². The summed E-state index contributed by atoms with van der Waals surface area (Å²) in [4.78, 5) is 12.0. The number of rotatable bonds is 13. The lowest BCUT2D eigenvalue weighted by Gasteiger charge is -2.50. The van der Waals surface area contributed by atoms with E-state index in [1.54, 1.807) is 0 Å². The van der Waals surface area contributed by atoms with Crippen LogP contribution in [0.3, 0.4) is 0 Å². The molecule has 338 valence electrons. The van der Waals surface area contributed by atoms with Gasteiger partial charge in [-0.2, -0.15) is 0 Å². The fourth-order valence-corrected chi connectivity index (χ4v) is 7.34. The second-order valence-corrected chi connectivity index (χ2v) is 14.7. The van der Waals surface area contributed by atoms with Gasteiger partial charge in [-0.05, 0) is 6.92 Å². The molecule has 0 aromatic rings. The van der Waals surface area contributed by atoms with Crippen molar-refractivity contribution in [3.63, 3.8) is 0 Å². The van der Waals surface area contributed by atoms with E-state index in [1.165, 1.54) is 6.92 Å². The maximum Gasteiger partial charge on any atom is 0.217 e. The molecule has 16 N–H and O–H groups in total. The van der Waals surface area contributed by atoms with Gasteiger partial charge >= 0.3 is 0 Å². The molecule has 1 amide bonds. The highest BCUT2D eigenvalue weighted by Crippen LogP contribution is 2.36. The van der Waals surface area contributed by atoms with E-state index in [0.29, 0.717) is 0 Å². The fourth-order valence-electron chi connectivity index (χ4n) is 7.34. The zero-order valence-electron chi connectivity index (χ0n) is 31.1. The van der Waals surface area contributed by atoms with E-state index in [4.69, 9.17) is 42.6 Å². The summed E-state index contributed by atoms with van der Waals surface area (Å²) in [6.45, 7) is -1.21. The molecular weight excluding hydrogens is 798 g/mol.